The maximum atomic E-state index is 13.9. The van der Waals surface area contributed by atoms with Gasteiger partial charge in [0, 0.05) is 5.56 Å². The van der Waals surface area contributed by atoms with E-state index in [-0.39, 0.29) is 17.7 Å². The predicted octanol–water partition coefficient (Wildman–Crippen LogP) is 3.52. The van der Waals surface area contributed by atoms with Crippen molar-refractivity contribution in [1.82, 2.24) is 4.57 Å². The average molecular weight is 523 g/mol. The number of aromatic nitrogens is 1. The Hall–Kier alpha value is -3.85. The smallest absolute Gasteiger partial charge is 0.338 e. The second-order valence-electron chi connectivity index (χ2n) is 8.34. The van der Waals surface area contributed by atoms with Crippen molar-refractivity contribution < 1.29 is 23.7 Å². The van der Waals surface area contributed by atoms with E-state index in [9.17, 15) is 9.59 Å². The van der Waals surface area contributed by atoms with Gasteiger partial charge in [0.25, 0.3) is 5.56 Å². The molecule has 2 aromatic carbocycles. The van der Waals surface area contributed by atoms with Gasteiger partial charge in [0.05, 0.1) is 43.2 Å². The minimum atomic E-state index is -0.799. The molecule has 0 N–H and O–H groups in total. The summed E-state index contributed by atoms with van der Waals surface area (Å²) in [7, 11) is 3.18. The first-order chi connectivity index (χ1) is 17.8. The normalized spacial score (nSPS) is 15.2. The summed E-state index contributed by atoms with van der Waals surface area (Å²) in [6.07, 6.45) is 1.83. The lowest BCUT2D eigenvalue weighted by Gasteiger charge is -2.26. The molecule has 0 spiro atoms. The second kappa shape index (κ2) is 11.0. The van der Waals surface area contributed by atoms with Crippen LogP contribution in [-0.2, 0) is 9.53 Å². The van der Waals surface area contributed by atoms with Gasteiger partial charge in [0.1, 0.15) is 11.8 Å². The van der Waals surface area contributed by atoms with Crippen LogP contribution in [0.1, 0.15) is 43.5 Å². The molecular weight excluding hydrogens is 492 g/mol. The summed E-state index contributed by atoms with van der Waals surface area (Å²) >= 11 is 1.27. The van der Waals surface area contributed by atoms with E-state index in [0.717, 1.165) is 16.9 Å². The molecule has 194 valence electrons. The molecule has 1 aromatic heterocycles. The van der Waals surface area contributed by atoms with Crippen LogP contribution in [0.25, 0.3) is 6.08 Å². The molecule has 4 rings (SSSR count). The van der Waals surface area contributed by atoms with E-state index in [2.05, 4.69) is 4.99 Å². The van der Waals surface area contributed by atoms with Crippen LogP contribution in [0.5, 0.6) is 17.2 Å². The SMILES string of the molecule is CCOC(=O)C1=C(C)N=c2s/c(=C/c3ccc(OC)c(C)c3)c(=O)n2[C@H]1c1cccc(OC)c1OCC. The number of thiazole rings is 1. The van der Waals surface area contributed by atoms with E-state index in [1.807, 2.05) is 50.3 Å². The number of carbonyl (C=O) groups is 1. The Kier molecular flexibility index (Phi) is 7.83. The molecule has 1 aliphatic heterocycles. The lowest BCUT2D eigenvalue weighted by Crippen LogP contribution is -2.40. The molecule has 1 aliphatic rings. The minimum Gasteiger partial charge on any atom is -0.496 e. The van der Waals surface area contributed by atoms with E-state index in [1.54, 1.807) is 38.7 Å². The largest absolute Gasteiger partial charge is 0.496 e. The maximum absolute atomic E-state index is 13.9. The second-order valence-corrected chi connectivity index (χ2v) is 9.35. The first-order valence-corrected chi connectivity index (χ1v) is 12.8. The zero-order chi connectivity index (χ0) is 26.7. The topological polar surface area (TPSA) is 88.4 Å². The number of carbonyl (C=O) groups excluding carboxylic acids is 1. The number of esters is 1. The molecule has 9 heteroatoms. The molecule has 37 heavy (non-hydrogen) atoms. The Bertz CT molecular complexity index is 1550. The Morgan fingerprint density at radius 1 is 1.08 bits per heavy atom. The maximum Gasteiger partial charge on any atom is 0.338 e. The fourth-order valence-corrected chi connectivity index (χ4v) is 5.48. The lowest BCUT2D eigenvalue weighted by molar-refractivity contribution is -0.139. The van der Waals surface area contributed by atoms with Crippen molar-refractivity contribution in [3.63, 3.8) is 0 Å². The monoisotopic (exact) mass is 522 g/mol. The number of fused-ring (bicyclic) bond motifs is 1. The van der Waals surface area contributed by atoms with Crippen molar-refractivity contribution in [2.45, 2.75) is 33.7 Å². The van der Waals surface area contributed by atoms with Gasteiger partial charge in [-0.1, -0.05) is 29.5 Å². The Morgan fingerprint density at radius 3 is 2.49 bits per heavy atom. The van der Waals surface area contributed by atoms with Crippen LogP contribution in [-0.4, -0.2) is 38.0 Å². The van der Waals surface area contributed by atoms with Gasteiger partial charge in [-0.2, -0.15) is 0 Å². The van der Waals surface area contributed by atoms with Gasteiger partial charge in [0.2, 0.25) is 0 Å². The summed E-state index contributed by atoms with van der Waals surface area (Å²) in [6, 6.07) is 10.3. The lowest BCUT2D eigenvalue weighted by atomic mass is 9.94. The van der Waals surface area contributed by atoms with Gasteiger partial charge in [0.15, 0.2) is 16.3 Å². The van der Waals surface area contributed by atoms with Crippen LogP contribution in [0.3, 0.4) is 0 Å². The van der Waals surface area contributed by atoms with E-state index < -0.39 is 12.0 Å². The molecular formula is C28H30N2O6S. The fourth-order valence-electron chi connectivity index (χ4n) is 4.44. The molecule has 3 aromatic rings. The third-order valence-electron chi connectivity index (χ3n) is 6.05. The van der Waals surface area contributed by atoms with Gasteiger partial charge in [-0.25, -0.2) is 9.79 Å². The van der Waals surface area contributed by atoms with Crippen molar-refractivity contribution in [2.75, 3.05) is 27.4 Å². The van der Waals surface area contributed by atoms with Crippen LogP contribution >= 0.6 is 11.3 Å². The number of hydrogen-bond donors (Lipinski definition) is 0. The number of allylic oxidation sites excluding steroid dienone is 1. The highest BCUT2D eigenvalue weighted by molar-refractivity contribution is 7.07. The molecule has 0 fully saturated rings. The van der Waals surface area contributed by atoms with Gasteiger partial charge in [-0.05, 0) is 63.1 Å². The van der Waals surface area contributed by atoms with Gasteiger partial charge in [-0.15, -0.1) is 0 Å². The van der Waals surface area contributed by atoms with Gasteiger partial charge >= 0.3 is 5.97 Å². The van der Waals surface area contributed by atoms with E-state index in [0.29, 0.717) is 38.7 Å². The predicted molar refractivity (Wildman–Crippen MR) is 142 cm³/mol. The highest BCUT2D eigenvalue weighted by atomic mass is 32.1. The summed E-state index contributed by atoms with van der Waals surface area (Å²) < 4.78 is 24.3. The third kappa shape index (κ3) is 4.91. The number of aryl methyl sites for hydroxylation is 1. The molecule has 2 heterocycles. The standard InChI is InChI=1S/C28H30N2O6S/c1-7-35-25-19(10-9-11-21(25)34-6)24-23(27(32)36-8-2)17(4)29-28-30(24)26(31)22(37-28)15-18-12-13-20(33-5)16(3)14-18/h9-15,24H,7-8H2,1-6H3/b22-15+/t24-/m0/s1. The quantitative estimate of drug-likeness (QED) is 0.421. The number of nitrogens with zero attached hydrogens (tertiary/aromatic N) is 2. The highest BCUT2D eigenvalue weighted by Gasteiger charge is 2.35. The molecule has 0 aliphatic carbocycles. The molecule has 0 radical (unpaired) electrons. The summed E-state index contributed by atoms with van der Waals surface area (Å²) in [5, 5.41) is 0. The minimum absolute atomic E-state index is 0.194. The first-order valence-electron chi connectivity index (χ1n) is 12.0. The zero-order valence-corrected chi connectivity index (χ0v) is 22.6. The van der Waals surface area contributed by atoms with Crippen LogP contribution in [0, 0.1) is 6.92 Å². The van der Waals surface area contributed by atoms with Crippen molar-refractivity contribution in [2.24, 2.45) is 4.99 Å². The molecule has 0 bridgehead atoms. The van der Waals surface area contributed by atoms with Gasteiger partial charge in [-0.3, -0.25) is 9.36 Å². The molecule has 8 nitrogen and oxygen atoms in total. The van der Waals surface area contributed by atoms with Crippen LogP contribution in [0.4, 0.5) is 0 Å². The van der Waals surface area contributed by atoms with Crippen LogP contribution < -0.4 is 29.1 Å². The number of rotatable bonds is 8. The Labute approximate surface area is 219 Å². The number of hydrogen-bond acceptors (Lipinski definition) is 8. The first kappa shape index (κ1) is 26.2. The van der Waals surface area contributed by atoms with Crippen molar-refractivity contribution in [3.05, 3.63) is 84.0 Å². The third-order valence-corrected chi connectivity index (χ3v) is 7.03. The summed E-state index contributed by atoms with van der Waals surface area (Å²) in [6.45, 7) is 7.88. The Balaban J connectivity index is 2.00. The number of methoxy groups -OCH3 is 2. The van der Waals surface area contributed by atoms with Crippen LogP contribution in [0.15, 0.2) is 57.5 Å². The van der Waals surface area contributed by atoms with E-state index in [1.165, 1.54) is 11.3 Å². The number of para-hydroxylation sites is 1. The number of benzene rings is 2. The number of ether oxygens (including phenoxy) is 4. The van der Waals surface area contributed by atoms with Crippen molar-refractivity contribution >= 4 is 23.4 Å². The molecule has 1 atom stereocenters. The average Bonchev–Trinajstić information content (AvgIpc) is 3.18. The summed E-state index contributed by atoms with van der Waals surface area (Å²) in [5.41, 5.74) is 2.95. The fraction of sp³-hybridized carbons (Fsp3) is 0.321. The highest BCUT2D eigenvalue weighted by Crippen LogP contribution is 2.40. The zero-order valence-electron chi connectivity index (χ0n) is 21.8. The Morgan fingerprint density at radius 2 is 1.84 bits per heavy atom. The van der Waals surface area contributed by atoms with E-state index in [4.69, 9.17) is 18.9 Å². The molecule has 0 saturated heterocycles. The van der Waals surface area contributed by atoms with Crippen LogP contribution in [0.2, 0.25) is 0 Å². The van der Waals surface area contributed by atoms with Gasteiger partial charge < -0.3 is 18.9 Å². The summed E-state index contributed by atoms with van der Waals surface area (Å²) in [5.74, 6) is 1.22. The molecule has 0 amide bonds. The van der Waals surface area contributed by atoms with Crippen molar-refractivity contribution in [1.29, 1.82) is 0 Å². The van der Waals surface area contributed by atoms with E-state index >= 15 is 0 Å². The van der Waals surface area contributed by atoms with Crippen molar-refractivity contribution in [3.8, 4) is 17.2 Å². The molecule has 0 saturated carbocycles. The summed E-state index contributed by atoms with van der Waals surface area (Å²) in [4.78, 5) is 32.2. The molecule has 0 unspecified atom stereocenters.